The molecular formula is C31H41N5O3. The molecule has 0 aliphatic carbocycles. The van der Waals surface area contributed by atoms with E-state index in [1.54, 1.807) is 14.2 Å². The minimum atomic E-state index is -0.312. The number of likely N-dealkylation sites (N-methyl/N-ethyl adjacent to an activating group) is 2. The first-order valence-corrected chi connectivity index (χ1v) is 13.8. The summed E-state index contributed by atoms with van der Waals surface area (Å²) < 4.78 is 11.3. The number of fused-ring (bicyclic) bond motifs is 3. The van der Waals surface area contributed by atoms with E-state index in [0.29, 0.717) is 13.1 Å². The maximum absolute atomic E-state index is 13.9. The number of piperidine rings is 1. The first-order valence-electron chi connectivity index (χ1n) is 13.8. The van der Waals surface area contributed by atoms with Crippen LogP contribution < -0.4 is 20.1 Å². The van der Waals surface area contributed by atoms with Crippen LogP contribution in [0.25, 0.3) is 0 Å². The second-order valence-corrected chi connectivity index (χ2v) is 10.8. The summed E-state index contributed by atoms with van der Waals surface area (Å²) in [6.45, 7) is 12.3. The zero-order valence-corrected chi connectivity index (χ0v) is 23.9. The molecule has 2 saturated heterocycles. The van der Waals surface area contributed by atoms with Gasteiger partial charge in [-0.15, -0.1) is 0 Å². The van der Waals surface area contributed by atoms with Crippen LogP contribution in [0.2, 0.25) is 0 Å². The van der Waals surface area contributed by atoms with Crippen molar-refractivity contribution in [3.05, 3.63) is 71.6 Å². The summed E-state index contributed by atoms with van der Waals surface area (Å²) in [6, 6.07) is 11.9. The summed E-state index contributed by atoms with van der Waals surface area (Å²) in [5.41, 5.74) is 11.9. The number of nitrogens with two attached hydrogens (primary N) is 1. The molecule has 1 atom stereocenters. The minimum Gasteiger partial charge on any atom is -0.497 e. The maximum Gasteiger partial charge on any atom is 0.325 e. The smallest absolute Gasteiger partial charge is 0.325 e. The van der Waals surface area contributed by atoms with Crippen LogP contribution in [0.15, 0.2) is 60.4 Å². The number of nitrogen functional groups attached to an aromatic ring is 1. The van der Waals surface area contributed by atoms with Gasteiger partial charge in [-0.3, -0.25) is 9.80 Å². The Bertz CT molecular complexity index is 1300. The summed E-state index contributed by atoms with van der Waals surface area (Å²) in [6.07, 6.45) is 4.06. The molecule has 0 unspecified atom stereocenters. The predicted octanol–water partition coefficient (Wildman–Crippen LogP) is 5.03. The Morgan fingerprint density at radius 3 is 2.54 bits per heavy atom. The molecule has 1 spiro atoms. The van der Waals surface area contributed by atoms with Crippen molar-refractivity contribution < 1.29 is 14.3 Å². The molecule has 2 amide bonds. The van der Waals surface area contributed by atoms with Crippen molar-refractivity contribution in [2.24, 2.45) is 0 Å². The molecule has 2 aromatic carbocycles. The SMILES string of the molecule is C=C(CN1CCC2(CC1)C1=C[C@H](C)c3c(cc(OC)cc3OC)CN1C(=O)N2CC)N(C)c1ccccc1N. The number of hydrogen-bond acceptors (Lipinski definition) is 6. The molecular weight excluding hydrogens is 490 g/mol. The molecule has 2 fully saturated rings. The van der Waals surface area contributed by atoms with E-state index in [-0.39, 0.29) is 17.5 Å². The number of nitrogens with zero attached hydrogens (tertiary/aromatic N) is 4. The topological polar surface area (TPSA) is 74.5 Å². The number of hydrogen-bond donors (Lipinski definition) is 1. The van der Waals surface area contributed by atoms with Gasteiger partial charge in [-0.2, -0.15) is 0 Å². The number of benzene rings is 2. The van der Waals surface area contributed by atoms with Gasteiger partial charge >= 0.3 is 6.03 Å². The fourth-order valence-corrected chi connectivity index (χ4v) is 6.67. The van der Waals surface area contributed by atoms with E-state index in [0.717, 1.165) is 77.9 Å². The Morgan fingerprint density at radius 2 is 1.90 bits per heavy atom. The number of carbonyl (C=O) groups is 1. The molecule has 2 aromatic rings. The number of allylic oxidation sites excluding steroid dienone is 1. The number of anilines is 2. The molecule has 3 aliphatic heterocycles. The van der Waals surface area contributed by atoms with Crippen LogP contribution in [0.1, 0.15) is 43.7 Å². The highest BCUT2D eigenvalue weighted by atomic mass is 16.5. The van der Waals surface area contributed by atoms with Crippen LogP contribution in [-0.4, -0.2) is 73.7 Å². The normalized spacial score (nSPS) is 20.3. The number of carbonyl (C=O) groups excluding carboxylic acids is 1. The van der Waals surface area contributed by atoms with Crippen molar-refractivity contribution in [2.75, 3.05) is 58.1 Å². The van der Waals surface area contributed by atoms with Crippen molar-refractivity contribution in [2.45, 2.75) is 44.7 Å². The molecule has 208 valence electrons. The summed E-state index contributed by atoms with van der Waals surface area (Å²) in [7, 11) is 5.37. The van der Waals surface area contributed by atoms with Crippen LogP contribution in [0.5, 0.6) is 11.5 Å². The first-order chi connectivity index (χ1) is 18.7. The van der Waals surface area contributed by atoms with Gasteiger partial charge in [-0.25, -0.2) is 4.79 Å². The lowest BCUT2D eigenvalue weighted by Gasteiger charge is -2.45. The Kier molecular flexibility index (Phi) is 7.25. The van der Waals surface area contributed by atoms with E-state index in [1.165, 1.54) is 0 Å². The lowest BCUT2D eigenvalue weighted by molar-refractivity contribution is 0.0966. The minimum absolute atomic E-state index is 0.0859. The van der Waals surface area contributed by atoms with E-state index in [9.17, 15) is 4.79 Å². The third-order valence-electron chi connectivity index (χ3n) is 8.77. The van der Waals surface area contributed by atoms with Gasteiger partial charge in [-0.1, -0.05) is 31.7 Å². The van der Waals surface area contributed by atoms with Gasteiger partial charge in [0.1, 0.15) is 11.5 Å². The molecule has 0 saturated carbocycles. The summed E-state index contributed by atoms with van der Waals surface area (Å²) in [4.78, 5) is 22.5. The van der Waals surface area contributed by atoms with Crippen LogP contribution in [-0.2, 0) is 6.54 Å². The van der Waals surface area contributed by atoms with Gasteiger partial charge in [0.25, 0.3) is 0 Å². The molecule has 2 N–H and O–H groups in total. The molecule has 8 nitrogen and oxygen atoms in total. The van der Waals surface area contributed by atoms with Crippen LogP contribution in [0, 0.1) is 0 Å². The molecule has 39 heavy (non-hydrogen) atoms. The van der Waals surface area contributed by atoms with Gasteiger partial charge in [0.2, 0.25) is 0 Å². The van der Waals surface area contributed by atoms with Crippen molar-refractivity contribution in [1.29, 1.82) is 0 Å². The third kappa shape index (κ3) is 4.50. The fraction of sp³-hybridized carbons (Fsp3) is 0.452. The number of para-hydroxylation sites is 2. The Morgan fingerprint density at radius 1 is 1.18 bits per heavy atom. The fourth-order valence-electron chi connectivity index (χ4n) is 6.67. The lowest BCUT2D eigenvalue weighted by atomic mass is 9.82. The highest BCUT2D eigenvalue weighted by molar-refractivity contribution is 5.83. The predicted molar refractivity (Wildman–Crippen MR) is 156 cm³/mol. The Balaban J connectivity index is 1.39. The first kappa shape index (κ1) is 26.9. The van der Waals surface area contributed by atoms with E-state index in [2.05, 4.69) is 41.2 Å². The number of ether oxygens (including phenoxy) is 2. The van der Waals surface area contributed by atoms with Gasteiger partial charge in [-0.05, 0) is 43.5 Å². The molecule has 0 aromatic heterocycles. The summed E-state index contributed by atoms with van der Waals surface area (Å²) in [5.74, 6) is 1.65. The van der Waals surface area contributed by atoms with Gasteiger partial charge < -0.3 is 25.0 Å². The van der Waals surface area contributed by atoms with E-state index >= 15 is 0 Å². The Hall–Kier alpha value is -3.65. The van der Waals surface area contributed by atoms with Crippen molar-refractivity contribution in [3.8, 4) is 11.5 Å². The molecule has 0 radical (unpaired) electrons. The highest BCUT2D eigenvalue weighted by Crippen LogP contribution is 2.49. The zero-order valence-electron chi connectivity index (χ0n) is 23.9. The summed E-state index contributed by atoms with van der Waals surface area (Å²) in [5, 5.41) is 0. The lowest BCUT2D eigenvalue weighted by Crippen LogP contribution is -2.54. The van der Waals surface area contributed by atoms with E-state index < -0.39 is 0 Å². The Labute approximate surface area is 232 Å². The molecule has 5 rings (SSSR count). The number of urea groups is 1. The molecule has 3 heterocycles. The van der Waals surface area contributed by atoms with Crippen molar-refractivity contribution >= 4 is 17.4 Å². The van der Waals surface area contributed by atoms with Gasteiger partial charge in [0, 0.05) is 62.2 Å². The van der Waals surface area contributed by atoms with Crippen LogP contribution in [0.4, 0.5) is 16.2 Å². The molecule has 8 heteroatoms. The second-order valence-electron chi connectivity index (χ2n) is 10.8. The standard InChI is InChI=1S/C31H41N5O3/c1-7-36-30(37)35-20-23-17-24(38-5)18-27(39-6)29(23)21(2)16-28(35)31(36)12-14-34(15-13-31)19-22(3)33(4)26-11-9-8-10-25(26)32/h8-11,16-18,21H,3,7,12-15,19-20,32H2,1-2,4-6H3/t21-/m0/s1. The molecule has 0 bridgehead atoms. The van der Waals surface area contributed by atoms with Gasteiger partial charge in [0.05, 0.1) is 37.7 Å². The number of methoxy groups -OCH3 is 2. The van der Waals surface area contributed by atoms with Crippen LogP contribution >= 0.6 is 0 Å². The van der Waals surface area contributed by atoms with E-state index in [4.69, 9.17) is 15.2 Å². The average molecular weight is 532 g/mol. The quantitative estimate of drug-likeness (QED) is 0.505. The zero-order chi connectivity index (χ0) is 27.9. The largest absolute Gasteiger partial charge is 0.497 e. The second kappa shape index (κ2) is 10.5. The van der Waals surface area contributed by atoms with Crippen molar-refractivity contribution in [3.63, 3.8) is 0 Å². The maximum atomic E-state index is 13.9. The number of amides is 2. The highest BCUT2D eigenvalue weighted by Gasteiger charge is 2.54. The van der Waals surface area contributed by atoms with Crippen LogP contribution in [0.3, 0.4) is 0 Å². The monoisotopic (exact) mass is 531 g/mol. The number of likely N-dealkylation sites (tertiary alicyclic amines) is 1. The summed E-state index contributed by atoms with van der Waals surface area (Å²) >= 11 is 0. The van der Waals surface area contributed by atoms with Crippen molar-refractivity contribution in [1.82, 2.24) is 14.7 Å². The molecule has 3 aliphatic rings. The average Bonchev–Trinajstić information content (AvgIpc) is 3.04. The third-order valence-corrected chi connectivity index (χ3v) is 8.77. The van der Waals surface area contributed by atoms with Gasteiger partial charge in [0.15, 0.2) is 0 Å². The number of rotatable bonds is 7. The van der Waals surface area contributed by atoms with E-state index in [1.807, 2.05) is 48.3 Å².